The molecule has 1 atom stereocenters. The summed E-state index contributed by atoms with van der Waals surface area (Å²) in [4.78, 5) is 16.4. The van der Waals surface area contributed by atoms with Gasteiger partial charge in [0.15, 0.2) is 6.10 Å². The fraction of sp³-hybridized carbons (Fsp3) is 0.211. The van der Waals surface area contributed by atoms with E-state index in [4.69, 9.17) is 20.9 Å². The lowest BCUT2D eigenvalue weighted by molar-refractivity contribution is -0.127. The molecule has 7 heteroatoms. The Bertz CT molecular complexity index is 893. The van der Waals surface area contributed by atoms with Gasteiger partial charge < -0.3 is 14.6 Å². The maximum Gasteiger partial charge on any atom is 0.261 e. The minimum absolute atomic E-state index is 0.109. The molecule has 0 aliphatic carbocycles. The number of aryl methyl sites for hydroxylation is 1. The fourth-order valence-corrected chi connectivity index (χ4v) is 2.48. The number of nitrogens with one attached hydrogen (secondary N) is 1. The molecule has 1 aromatic heterocycles. The Morgan fingerprint density at radius 1 is 1.23 bits per heavy atom. The lowest BCUT2D eigenvalue weighted by atomic mass is 10.2. The lowest BCUT2D eigenvalue weighted by Crippen LogP contribution is -2.35. The van der Waals surface area contributed by atoms with E-state index >= 15 is 0 Å². The minimum atomic E-state index is -0.649. The summed E-state index contributed by atoms with van der Waals surface area (Å²) in [5.74, 6) is 1.03. The molecule has 0 radical (unpaired) electrons. The number of amides is 1. The summed E-state index contributed by atoms with van der Waals surface area (Å²) in [6, 6.07) is 14.7. The highest BCUT2D eigenvalue weighted by atomic mass is 35.5. The number of aromatic nitrogens is 2. The number of carbonyl (C=O) groups excluding carboxylic acids is 1. The quantitative estimate of drug-likeness (QED) is 0.713. The molecule has 0 aliphatic heterocycles. The SMILES string of the molecule is Cc1ccc(O[C@H](C)C(=O)NCc2nc(-c3ccccc3Cl)no2)cc1. The van der Waals surface area contributed by atoms with Gasteiger partial charge >= 0.3 is 0 Å². The molecule has 1 heterocycles. The van der Waals surface area contributed by atoms with Crippen molar-refractivity contribution in [1.29, 1.82) is 0 Å². The predicted molar refractivity (Wildman–Crippen MR) is 97.9 cm³/mol. The third-order valence-electron chi connectivity index (χ3n) is 3.70. The molecule has 6 nitrogen and oxygen atoms in total. The Balaban J connectivity index is 1.56. The Morgan fingerprint density at radius 3 is 2.69 bits per heavy atom. The molecule has 0 spiro atoms. The lowest BCUT2D eigenvalue weighted by Gasteiger charge is -2.14. The second kappa shape index (κ2) is 8.01. The summed E-state index contributed by atoms with van der Waals surface area (Å²) >= 11 is 6.12. The first-order valence-electron chi connectivity index (χ1n) is 8.11. The van der Waals surface area contributed by atoms with E-state index in [2.05, 4.69) is 15.5 Å². The molecule has 3 rings (SSSR count). The van der Waals surface area contributed by atoms with Gasteiger partial charge in [0.2, 0.25) is 11.7 Å². The van der Waals surface area contributed by atoms with E-state index in [1.807, 2.05) is 43.3 Å². The van der Waals surface area contributed by atoms with Gasteiger partial charge in [0, 0.05) is 5.56 Å². The van der Waals surface area contributed by atoms with E-state index in [-0.39, 0.29) is 18.3 Å². The molecule has 0 aliphatic rings. The van der Waals surface area contributed by atoms with Crippen LogP contribution in [0.4, 0.5) is 0 Å². The van der Waals surface area contributed by atoms with Crippen molar-refractivity contribution in [2.75, 3.05) is 0 Å². The van der Waals surface area contributed by atoms with E-state index in [0.29, 0.717) is 22.2 Å². The van der Waals surface area contributed by atoms with Crippen LogP contribution in [0.1, 0.15) is 18.4 Å². The van der Waals surface area contributed by atoms with E-state index in [1.165, 1.54) is 0 Å². The summed E-state index contributed by atoms with van der Waals surface area (Å²) in [7, 11) is 0. The smallest absolute Gasteiger partial charge is 0.261 e. The van der Waals surface area contributed by atoms with Crippen LogP contribution in [-0.2, 0) is 11.3 Å². The van der Waals surface area contributed by atoms with E-state index < -0.39 is 6.10 Å². The summed E-state index contributed by atoms with van der Waals surface area (Å²) in [6.45, 7) is 3.78. The third kappa shape index (κ3) is 4.40. The number of hydrogen-bond donors (Lipinski definition) is 1. The topological polar surface area (TPSA) is 77.2 Å². The summed E-state index contributed by atoms with van der Waals surface area (Å²) in [6.07, 6.45) is -0.649. The first-order valence-corrected chi connectivity index (χ1v) is 8.49. The Labute approximate surface area is 156 Å². The average Bonchev–Trinajstić information content (AvgIpc) is 3.10. The zero-order valence-corrected chi connectivity index (χ0v) is 15.2. The Hall–Kier alpha value is -2.86. The van der Waals surface area contributed by atoms with Crippen LogP contribution < -0.4 is 10.1 Å². The monoisotopic (exact) mass is 371 g/mol. The maximum atomic E-state index is 12.2. The van der Waals surface area contributed by atoms with E-state index in [1.54, 1.807) is 19.1 Å². The highest BCUT2D eigenvalue weighted by Crippen LogP contribution is 2.24. The van der Waals surface area contributed by atoms with Crippen LogP contribution in [0.2, 0.25) is 5.02 Å². The van der Waals surface area contributed by atoms with Gasteiger partial charge in [-0.3, -0.25) is 4.79 Å². The van der Waals surface area contributed by atoms with Gasteiger partial charge in [-0.2, -0.15) is 4.98 Å². The van der Waals surface area contributed by atoms with Gasteiger partial charge in [0.05, 0.1) is 11.6 Å². The van der Waals surface area contributed by atoms with Crippen LogP contribution >= 0.6 is 11.6 Å². The predicted octanol–water partition coefficient (Wildman–Crippen LogP) is 3.78. The number of rotatable bonds is 6. The fourth-order valence-electron chi connectivity index (χ4n) is 2.26. The van der Waals surface area contributed by atoms with Crippen molar-refractivity contribution in [2.45, 2.75) is 26.5 Å². The molecule has 134 valence electrons. The average molecular weight is 372 g/mol. The van der Waals surface area contributed by atoms with Crippen molar-refractivity contribution in [1.82, 2.24) is 15.5 Å². The zero-order valence-electron chi connectivity index (χ0n) is 14.4. The second-order valence-electron chi connectivity index (χ2n) is 5.78. The van der Waals surface area contributed by atoms with Crippen molar-refractivity contribution in [3.8, 4) is 17.1 Å². The highest BCUT2D eigenvalue weighted by Gasteiger charge is 2.16. The first-order chi connectivity index (χ1) is 12.5. The minimum Gasteiger partial charge on any atom is -0.481 e. The number of carbonyl (C=O) groups is 1. The van der Waals surface area contributed by atoms with Gasteiger partial charge in [-0.05, 0) is 38.1 Å². The standard InChI is InChI=1S/C19H18ClN3O3/c1-12-7-9-14(10-8-12)25-13(2)19(24)21-11-17-22-18(23-26-17)15-5-3-4-6-16(15)20/h3-10,13H,11H2,1-2H3,(H,21,24)/t13-/m1/s1. The molecule has 0 unspecified atom stereocenters. The third-order valence-corrected chi connectivity index (χ3v) is 4.03. The summed E-state index contributed by atoms with van der Waals surface area (Å²) in [5.41, 5.74) is 1.80. The highest BCUT2D eigenvalue weighted by molar-refractivity contribution is 6.33. The van der Waals surface area contributed by atoms with Crippen LogP contribution in [-0.4, -0.2) is 22.2 Å². The molecule has 0 saturated heterocycles. The van der Waals surface area contributed by atoms with Crippen LogP contribution in [0.25, 0.3) is 11.4 Å². The number of nitrogens with zero attached hydrogens (tertiary/aromatic N) is 2. The first kappa shape index (κ1) is 17.9. The van der Waals surface area contributed by atoms with Crippen LogP contribution in [0.5, 0.6) is 5.75 Å². The molecule has 1 amide bonds. The summed E-state index contributed by atoms with van der Waals surface area (Å²) < 4.78 is 10.8. The van der Waals surface area contributed by atoms with Gasteiger partial charge in [0.25, 0.3) is 5.91 Å². The number of benzene rings is 2. The normalized spacial score (nSPS) is 11.8. The van der Waals surface area contributed by atoms with Crippen LogP contribution in [0.15, 0.2) is 53.1 Å². The summed E-state index contributed by atoms with van der Waals surface area (Å²) in [5, 5.41) is 7.14. The molecule has 26 heavy (non-hydrogen) atoms. The van der Waals surface area contributed by atoms with Crippen molar-refractivity contribution in [2.24, 2.45) is 0 Å². The van der Waals surface area contributed by atoms with Gasteiger partial charge in [-0.25, -0.2) is 0 Å². The van der Waals surface area contributed by atoms with Crippen LogP contribution in [0, 0.1) is 6.92 Å². The molecule has 0 saturated carbocycles. The zero-order chi connectivity index (χ0) is 18.5. The Kier molecular flexibility index (Phi) is 5.53. The number of halogens is 1. The molecular formula is C19H18ClN3O3. The second-order valence-corrected chi connectivity index (χ2v) is 6.19. The molecular weight excluding hydrogens is 354 g/mol. The molecule has 1 N–H and O–H groups in total. The largest absolute Gasteiger partial charge is 0.481 e. The van der Waals surface area contributed by atoms with Crippen molar-refractivity contribution < 1.29 is 14.1 Å². The van der Waals surface area contributed by atoms with Crippen molar-refractivity contribution in [3.63, 3.8) is 0 Å². The molecule has 2 aromatic carbocycles. The van der Waals surface area contributed by atoms with Gasteiger partial charge in [0.1, 0.15) is 5.75 Å². The molecule has 0 fully saturated rings. The van der Waals surface area contributed by atoms with Gasteiger partial charge in [-0.15, -0.1) is 0 Å². The van der Waals surface area contributed by atoms with Crippen molar-refractivity contribution >= 4 is 17.5 Å². The molecule has 0 bridgehead atoms. The van der Waals surface area contributed by atoms with E-state index in [9.17, 15) is 4.79 Å². The maximum absolute atomic E-state index is 12.2. The van der Waals surface area contributed by atoms with Crippen molar-refractivity contribution in [3.05, 3.63) is 65.0 Å². The molecule has 3 aromatic rings. The number of ether oxygens (including phenoxy) is 1. The number of hydrogen-bond acceptors (Lipinski definition) is 5. The van der Waals surface area contributed by atoms with E-state index in [0.717, 1.165) is 5.56 Å². The van der Waals surface area contributed by atoms with Crippen LogP contribution in [0.3, 0.4) is 0 Å². The Morgan fingerprint density at radius 2 is 1.96 bits per heavy atom. The van der Waals surface area contributed by atoms with Gasteiger partial charge in [-0.1, -0.05) is 46.6 Å².